The van der Waals surface area contributed by atoms with E-state index in [1.807, 2.05) is 105 Å². The first-order chi connectivity index (χ1) is 21.0. The smallest absolute Gasteiger partial charge is 0.278 e. The van der Waals surface area contributed by atoms with Crippen LogP contribution in [0.5, 0.6) is 11.5 Å². The summed E-state index contributed by atoms with van der Waals surface area (Å²) in [6.45, 7) is 4.09. The van der Waals surface area contributed by atoms with Crippen molar-refractivity contribution in [2.75, 3.05) is 20.0 Å². The van der Waals surface area contributed by atoms with Crippen LogP contribution >= 0.6 is 33.4 Å². The lowest BCUT2D eigenvalue weighted by Gasteiger charge is -2.41. The van der Waals surface area contributed by atoms with Gasteiger partial charge in [0.2, 0.25) is 0 Å². The lowest BCUT2D eigenvalue weighted by molar-refractivity contribution is -0.128. The van der Waals surface area contributed by atoms with Crippen LogP contribution in [-0.4, -0.2) is 34.2 Å². The van der Waals surface area contributed by atoms with E-state index in [-0.39, 0.29) is 17.5 Å². The van der Waals surface area contributed by atoms with Gasteiger partial charge in [-0.25, -0.2) is 3.63 Å². The Balaban J connectivity index is 1.51. The van der Waals surface area contributed by atoms with Crippen LogP contribution in [0.1, 0.15) is 33.1 Å². The Labute approximate surface area is 269 Å². The minimum absolute atomic E-state index is 0.0399. The third kappa shape index (κ3) is 5.38. The van der Waals surface area contributed by atoms with Gasteiger partial charge in [0.1, 0.15) is 17.3 Å². The minimum atomic E-state index is -4.24. The third-order valence-electron chi connectivity index (χ3n) is 9.35. The number of thiophene rings is 1. The summed E-state index contributed by atoms with van der Waals surface area (Å²) in [5, 5.41) is 0. The van der Waals surface area contributed by atoms with E-state index in [4.69, 9.17) is 13.1 Å². The number of ether oxygens (including phenoxy) is 2. The first-order valence-electron chi connectivity index (χ1n) is 14.4. The predicted molar refractivity (Wildman–Crippen MR) is 177 cm³/mol. The van der Waals surface area contributed by atoms with Gasteiger partial charge in [0.15, 0.2) is 0 Å². The van der Waals surface area contributed by atoms with Crippen molar-refractivity contribution in [1.82, 2.24) is 0 Å². The molecule has 2 bridgehead atoms. The normalized spacial score (nSPS) is 21.4. The molecular formula is C34H36O6S4. The van der Waals surface area contributed by atoms with E-state index >= 15 is 0 Å². The van der Waals surface area contributed by atoms with Gasteiger partial charge in [-0.15, -0.1) is 11.3 Å². The first kappa shape index (κ1) is 31.2. The summed E-state index contributed by atoms with van der Waals surface area (Å²) < 4.78 is 48.3. The fourth-order valence-electron chi connectivity index (χ4n) is 6.72. The van der Waals surface area contributed by atoms with Crippen molar-refractivity contribution >= 4 is 49.3 Å². The summed E-state index contributed by atoms with van der Waals surface area (Å²) >= 11 is 3.14. The van der Waals surface area contributed by atoms with Gasteiger partial charge in [-0.1, -0.05) is 43.8 Å². The van der Waals surface area contributed by atoms with Crippen molar-refractivity contribution in [1.29, 1.82) is 0 Å². The summed E-state index contributed by atoms with van der Waals surface area (Å²) in [7, 11) is -3.88. The van der Waals surface area contributed by atoms with E-state index < -0.39 is 31.3 Å². The number of benzene rings is 3. The number of hydrogen-bond donors (Lipinski definition) is 0. The van der Waals surface area contributed by atoms with Crippen LogP contribution in [0, 0.1) is 16.7 Å². The molecule has 2 fully saturated rings. The maximum absolute atomic E-state index is 14.5. The number of fused-ring (bicyclic) bond motifs is 2. The highest BCUT2D eigenvalue weighted by Gasteiger charge is 2.65. The van der Waals surface area contributed by atoms with E-state index in [1.54, 1.807) is 26.0 Å². The summed E-state index contributed by atoms with van der Waals surface area (Å²) in [6.07, 6.45) is 1.85. The van der Waals surface area contributed by atoms with Gasteiger partial charge in [0.25, 0.3) is 10.1 Å². The molecule has 2 aliphatic rings. The molecule has 0 saturated heterocycles. The van der Waals surface area contributed by atoms with Gasteiger partial charge in [0, 0.05) is 21.1 Å². The molecule has 0 N–H and O–H groups in total. The zero-order chi connectivity index (χ0) is 31.2. The van der Waals surface area contributed by atoms with Gasteiger partial charge >= 0.3 is 0 Å². The standard InChI is InChI=1S/C34H36O6S4/c1-33(2)24-20-21-34(33,30(35)22-24)23-43(36,37)40-44(28-14-10-25(38-3)11-15-28,29-16-12-26(39-4)13-17-29)32-19-18-31(42-32)41-27-8-6-5-7-9-27/h5-19,24H,20-23H2,1-4H3. The molecule has 1 heterocycles. The Bertz CT molecular complexity index is 1700. The molecule has 6 nitrogen and oxygen atoms in total. The molecule has 44 heavy (non-hydrogen) atoms. The van der Waals surface area contributed by atoms with E-state index in [0.717, 1.165) is 19.7 Å². The van der Waals surface area contributed by atoms with Crippen molar-refractivity contribution in [3.05, 3.63) is 91.0 Å². The van der Waals surface area contributed by atoms with Crippen LogP contribution in [-0.2, 0) is 18.5 Å². The number of Topliss-reactive ketones (excluding diaryl/α,β-unsaturated/α-hetero) is 1. The average molecular weight is 669 g/mol. The molecule has 0 spiro atoms. The highest BCUT2D eigenvalue weighted by Crippen LogP contribution is 2.73. The number of hydrogen-bond acceptors (Lipinski definition) is 8. The molecule has 2 atom stereocenters. The van der Waals surface area contributed by atoms with E-state index in [9.17, 15) is 13.2 Å². The summed E-state index contributed by atoms with van der Waals surface area (Å²) in [6, 6.07) is 28.9. The fourth-order valence-corrected chi connectivity index (χ4v) is 16.0. The Morgan fingerprint density at radius 2 is 1.43 bits per heavy atom. The second-order valence-corrected chi connectivity index (χ2v) is 19.0. The van der Waals surface area contributed by atoms with Gasteiger partial charge in [-0.2, -0.15) is 8.42 Å². The van der Waals surface area contributed by atoms with Crippen molar-refractivity contribution < 1.29 is 26.3 Å². The molecule has 0 radical (unpaired) electrons. The topological polar surface area (TPSA) is 78.9 Å². The van der Waals surface area contributed by atoms with Crippen molar-refractivity contribution in [2.45, 2.75) is 56.2 Å². The quantitative estimate of drug-likeness (QED) is 0.158. The number of rotatable bonds is 11. The lowest BCUT2D eigenvalue weighted by Crippen LogP contribution is -2.42. The van der Waals surface area contributed by atoms with Crippen LogP contribution < -0.4 is 9.47 Å². The highest BCUT2D eigenvalue weighted by atomic mass is 32.3. The molecule has 3 aromatic carbocycles. The third-order valence-corrected chi connectivity index (χ3v) is 17.4. The first-order valence-corrected chi connectivity index (χ1v) is 19.2. The number of carbonyl (C=O) groups excluding carboxylic acids is 1. The van der Waals surface area contributed by atoms with Crippen molar-refractivity contribution in [3.8, 4) is 11.5 Å². The fraction of sp³-hybridized carbons (Fsp3) is 0.324. The second-order valence-electron chi connectivity index (χ2n) is 11.8. The Kier molecular flexibility index (Phi) is 8.43. The van der Waals surface area contributed by atoms with Crippen LogP contribution in [0.3, 0.4) is 0 Å². The highest BCUT2D eigenvalue weighted by molar-refractivity contribution is 8.34. The van der Waals surface area contributed by atoms with E-state index in [0.29, 0.717) is 34.1 Å². The zero-order valence-electron chi connectivity index (χ0n) is 25.1. The number of methoxy groups -OCH3 is 2. The molecule has 232 valence electrons. The molecule has 4 aromatic rings. The molecule has 10 heteroatoms. The van der Waals surface area contributed by atoms with Gasteiger partial charge < -0.3 is 9.47 Å². The van der Waals surface area contributed by atoms with Crippen molar-refractivity contribution in [2.24, 2.45) is 16.7 Å². The Morgan fingerprint density at radius 3 is 1.93 bits per heavy atom. The predicted octanol–water partition coefficient (Wildman–Crippen LogP) is 8.86. The molecular weight excluding hydrogens is 633 g/mol. The average Bonchev–Trinajstić information content (AvgIpc) is 3.63. The lowest BCUT2D eigenvalue weighted by atomic mass is 9.70. The number of carbonyl (C=O) groups is 1. The SMILES string of the molecule is COc1ccc(S(OS(=O)(=O)CC23CCC(CC2=O)C3(C)C)(c2ccc(OC)cc2)c2ccc(Sc3ccccc3)s2)cc1. The van der Waals surface area contributed by atoms with Crippen molar-refractivity contribution in [3.63, 3.8) is 0 Å². The summed E-state index contributed by atoms with van der Waals surface area (Å²) in [5.74, 6) is 1.21. The maximum atomic E-state index is 14.5. The van der Waals surface area contributed by atoms with E-state index in [1.165, 1.54) is 11.3 Å². The van der Waals surface area contributed by atoms with Gasteiger partial charge in [-0.05, 0) is 107 Å². The van der Waals surface area contributed by atoms with Crippen LogP contribution in [0.4, 0.5) is 0 Å². The molecule has 2 unspecified atom stereocenters. The summed E-state index contributed by atoms with van der Waals surface area (Å²) in [5.41, 5.74) is -1.37. The maximum Gasteiger partial charge on any atom is 0.278 e. The number of ketones is 1. The van der Waals surface area contributed by atoms with Gasteiger partial charge in [0.05, 0.1) is 33.8 Å². The largest absolute Gasteiger partial charge is 0.497 e. The molecule has 1 aromatic heterocycles. The Morgan fingerprint density at radius 1 is 0.841 bits per heavy atom. The minimum Gasteiger partial charge on any atom is -0.497 e. The van der Waals surface area contributed by atoms with Crippen LogP contribution in [0.2, 0.25) is 0 Å². The van der Waals surface area contributed by atoms with Crippen LogP contribution in [0.15, 0.2) is 114 Å². The molecule has 6 rings (SSSR count). The van der Waals surface area contributed by atoms with E-state index in [2.05, 4.69) is 0 Å². The Hall–Kier alpha value is -2.76. The molecule has 2 saturated carbocycles. The molecule has 0 amide bonds. The van der Waals surface area contributed by atoms with Crippen LogP contribution in [0.25, 0.3) is 0 Å². The molecule has 2 aliphatic carbocycles. The second kappa shape index (κ2) is 11.9. The molecule has 0 aliphatic heterocycles. The van der Waals surface area contributed by atoms with Gasteiger partial charge in [-0.3, -0.25) is 4.79 Å². The monoisotopic (exact) mass is 668 g/mol. The summed E-state index contributed by atoms with van der Waals surface area (Å²) in [4.78, 5) is 15.9. The zero-order valence-corrected chi connectivity index (χ0v) is 28.4.